The third kappa shape index (κ3) is 5.85. The third-order valence-electron chi connectivity index (χ3n) is 6.66. The number of carbonyl (C=O) groups is 2. The Morgan fingerprint density at radius 2 is 1.88 bits per heavy atom. The van der Waals surface area contributed by atoms with Gasteiger partial charge in [0.2, 0.25) is 0 Å². The van der Waals surface area contributed by atoms with Gasteiger partial charge in [-0.1, -0.05) is 48.2 Å². The maximum absolute atomic E-state index is 13.7. The lowest BCUT2D eigenvalue weighted by Crippen LogP contribution is -2.28. The molecular formula is C30H26N6O4S2. The Bertz CT molecular complexity index is 1680. The first-order valence-corrected chi connectivity index (χ1v) is 15.0. The van der Waals surface area contributed by atoms with Crippen LogP contribution < -0.4 is 10.1 Å². The summed E-state index contributed by atoms with van der Waals surface area (Å²) in [4.78, 5) is 27.2. The van der Waals surface area contributed by atoms with E-state index in [4.69, 9.17) is 14.3 Å². The second kappa shape index (κ2) is 12.5. The Hall–Kier alpha value is -4.68. The number of thiophene rings is 1. The van der Waals surface area contributed by atoms with Crippen molar-refractivity contribution in [3.8, 4) is 11.4 Å². The summed E-state index contributed by atoms with van der Waals surface area (Å²) in [5.74, 6) is 1.07. The molecule has 1 aliphatic heterocycles. The van der Waals surface area contributed by atoms with E-state index in [9.17, 15) is 9.59 Å². The number of methoxy groups -OCH3 is 1. The number of rotatable bonds is 10. The predicted octanol–water partition coefficient (Wildman–Crippen LogP) is 5.33. The second-order valence-corrected chi connectivity index (χ2v) is 11.2. The van der Waals surface area contributed by atoms with Gasteiger partial charge in [0.05, 0.1) is 42.3 Å². The molecule has 1 aliphatic rings. The van der Waals surface area contributed by atoms with Gasteiger partial charge in [0, 0.05) is 12.1 Å². The van der Waals surface area contributed by atoms with Gasteiger partial charge in [-0.05, 0) is 53.4 Å². The number of benzene rings is 2. The van der Waals surface area contributed by atoms with Gasteiger partial charge in [0.15, 0.2) is 16.7 Å². The molecule has 2 amide bonds. The van der Waals surface area contributed by atoms with Crippen molar-refractivity contribution >= 4 is 40.6 Å². The molecule has 2 aromatic carbocycles. The van der Waals surface area contributed by atoms with Crippen LogP contribution in [0.2, 0.25) is 0 Å². The van der Waals surface area contributed by atoms with Gasteiger partial charge < -0.3 is 14.5 Å². The molecule has 3 aromatic heterocycles. The lowest BCUT2D eigenvalue weighted by Gasteiger charge is -2.22. The predicted molar refractivity (Wildman–Crippen MR) is 160 cm³/mol. The Morgan fingerprint density at radius 1 is 1.05 bits per heavy atom. The molecular weight excluding hydrogens is 573 g/mol. The minimum atomic E-state index is -0.356. The molecule has 0 saturated carbocycles. The van der Waals surface area contributed by atoms with Gasteiger partial charge >= 0.3 is 0 Å². The molecule has 212 valence electrons. The first kappa shape index (κ1) is 27.5. The summed E-state index contributed by atoms with van der Waals surface area (Å²) in [5.41, 5.74) is 2.67. The Morgan fingerprint density at radius 3 is 2.60 bits per heavy atom. The molecule has 10 nitrogen and oxygen atoms in total. The van der Waals surface area contributed by atoms with Crippen LogP contribution in [0, 0.1) is 0 Å². The lowest BCUT2D eigenvalue weighted by atomic mass is 10.0. The summed E-state index contributed by atoms with van der Waals surface area (Å²) in [6.45, 7) is 0.121. The topological polar surface area (TPSA) is 115 Å². The van der Waals surface area contributed by atoms with E-state index in [1.807, 2.05) is 76.7 Å². The monoisotopic (exact) mass is 598 g/mol. The first-order valence-electron chi connectivity index (χ1n) is 13.1. The van der Waals surface area contributed by atoms with Gasteiger partial charge in [-0.2, -0.15) is 5.10 Å². The van der Waals surface area contributed by atoms with Gasteiger partial charge in [-0.15, -0.1) is 21.5 Å². The van der Waals surface area contributed by atoms with Crippen LogP contribution in [0.1, 0.15) is 39.3 Å². The van der Waals surface area contributed by atoms with E-state index in [0.29, 0.717) is 17.4 Å². The fourth-order valence-corrected chi connectivity index (χ4v) is 6.15. The van der Waals surface area contributed by atoms with Crippen LogP contribution >= 0.6 is 23.1 Å². The zero-order valence-corrected chi connectivity index (χ0v) is 24.2. The van der Waals surface area contributed by atoms with E-state index in [2.05, 4.69) is 15.5 Å². The van der Waals surface area contributed by atoms with Crippen molar-refractivity contribution in [1.82, 2.24) is 25.1 Å². The number of ether oxygens (including phenoxy) is 1. The number of hydrazone groups is 1. The number of amides is 2. The number of carbonyl (C=O) groups excluding carboxylic acids is 2. The summed E-state index contributed by atoms with van der Waals surface area (Å²) >= 11 is 2.88. The van der Waals surface area contributed by atoms with Gasteiger partial charge in [-0.25, -0.2) is 5.01 Å². The summed E-state index contributed by atoms with van der Waals surface area (Å²) in [6, 6.07) is 24.3. The summed E-state index contributed by atoms with van der Waals surface area (Å²) in [5, 5.41) is 20.4. The number of hydrogen-bond donors (Lipinski definition) is 1. The number of para-hydroxylation sites is 1. The lowest BCUT2D eigenvalue weighted by molar-refractivity contribution is -0.130. The van der Waals surface area contributed by atoms with Crippen molar-refractivity contribution in [2.75, 3.05) is 12.9 Å². The Kier molecular flexibility index (Phi) is 8.15. The standard InChI is InChI=1S/C30H26N6O4S2/c1-39-22-13-11-20(12-14-22)24-17-23(26-10-6-16-41-26)34-36(24)28(37)19-42-30-33-32-27(35(30)21-7-3-2-4-8-21)18-31-29(38)25-9-5-15-40-25/h2-16,24H,17-19H2,1H3,(H,31,38)/t24-/m0/s1. The highest BCUT2D eigenvalue weighted by atomic mass is 32.2. The molecule has 4 heterocycles. The molecule has 0 fully saturated rings. The maximum atomic E-state index is 13.7. The van der Waals surface area contributed by atoms with Crippen molar-refractivity contribution in [3.63, 3.8) is 0 Å². The van der Waals surface area contributed by atoms with Crippen molar-refractivity contribution in [1.29, 1.82) is 0 Å². The highest BCUT2D eigenvalue weighted by Gasteiger charge is 2.33. The Balaban J connectivity index is 1.22. The highest BCUT2D eigenvalue weighted by molar-refractivity contribution is 7.99. The van der Waals surface area contributed by atoms with Gasteiger partial charge in [-0.3, -0.25) is 14.2 Å². The number of nitrogens with zero attached hydrogens (tertiary/aromatic N) is 5. The van der Waals surface area contributed by atoms with E-state index >= 15 is 0 Å². The van der Waals surface area contributed by atoms with Crippen LogP contribution in [0.3, 0.4) is 0 Å². The number of hydrogen-bond acceptors (Lipinski definition) is 9. The van der Waals surface area contributed by atoms with Crippen molar-refractivity contribution in [2.45, 2.75) is 24.2 Å². The number of furan rings is 1. The van der Waals surface area contributed by atoms with Crippen LogP contribution in [-0.2, 0) is 11.3 Å². The van der Waals surface area contributed by atoms with Crippen molar-refractivity contribution < 1.29 is 18.7 Å². The minimum absolute atomic E-state index is 0.0948. The van der Waals surface area contributed by atoms with Crippen LogP contribution in [0.25, 0.3) is 5.69 Å². The van der Waals surface area contributed by atoms with Crippen LogP contribution in [0.5, 0.6) is 5.75 Å². The molecule has 12 heteroatoms. The van der Waals surface area contributed by atoms with Crippen molar-refractivity contribution in [3.05, 3.63) is 113 Å². The van der Waals surface area contributed by atoms with Gasteiger partial charge in [0.25, 0.3) is 11.8 Å². The molecule has 42 heavy (non-hydrogen) atoms. The van der Waals surface area contributed by atoms with Gasteiger partial charge in [0.1, 0.15) is 5.75 Å². The first-order chi connectivity index (χ1) is 20.6. The summed E-state index contributed by atoms with van der Waals surface area (Å²) in [7, 11) is 1.63. The van der Waals surface area contributed by atoms with E-state index in [-0.39, 0.29) is 35.9 Å². The van der Waals surface area contributed by atoms with Crippen molar-refractivity contribution in [2.24, 2.45) is 5.10 Å². The third-order valence-corrected chi connectivity index (χ3v) is 8.50. The average Bonchev–Trinajstić information content (AvgIpc) is 3.86. The molecule has 0 aliphatic carbocycles. The van der Waals surface area contributed by atoms with E-state index < -0.39 is 0 Å². The highest BCUT2D eigenvalue weighted by Crippen LogP contribution is 2.35. The smallest absolute Gasteiger partial charge is 0.287 e. The fourth-order valence-electron chi connectivity index (χ4n) is 4.61. The largest absolute Gasteiger partial charge is 0.497 e. The molecule has 5 aromatic rings. The quantitative estimate of drug-likeness (QED) is 0.216. The summed E-state index contributed by atoms with van der Waals surface area (Å²) < 4.78 is 12.3. The second-order valence-electron chi connectivity index (χ2n) is 9.27. The minimum Gasteiger partial charge on any atom is -0.497 e. The molecule has 0 saturated heterocycles. The normalized spacial score (nSPS) is 14.5. The Labute approximate surface area is 250 Å². The molecule has 0 radical (unpaired) electrons. The number of aromatic nitrogens is 3. The van der Waals surface area contributed by atoms with E-state index in [1.165, 1.54) is 18.0 Å². The number of thioether (sulfide) groups is 1. The fraction of sp³-hybridized carbons (Fsp3) is 0.167. The molecule has 1 N–H and O–H groups in total. The van der Waals surface area contributed by atoms with Crippen LogP contribution in [0.15, 0.2) is 105 Å². The zero-order valence-electron chi connectivity index (χ0n) is 22.5. The molecule has 0 spiro atoms. The average molecular weight is 599 g/mol. The van der Waals surface area contributed by atoms with E-state index in [1.54, 1.807) is 35.6 Å². The number of nitrogens with one attached hydrogen (secondary N) is 1. The molecule has 1 atom stereocenters. The summed E-state index contributed by atoms with van der Waals surface area (Å²) in [6.07, 6.45) is 2.06. The SMILES string of the molecule is COc1ccc([C@@H]2CC(c3cccs3)=NN2C(=O)CSc2nnc(CNC(=O)c3ccco3)n2-c2ccccc2)cc1. The molecule has 0 unspecified atom stereocenters. The molecule has 0 bridgehead atoms. The van der Waals surface area contributed by atoms with Crippen LogP contribution in [0.4, 0.5) is 0 Å². The van der Waals surface area contributed by atoms with E-state index in [0.717, 1.165) is 27.6 Å². The maximum Gasteiger partial charge on any atom is 0.287 e. The van der Waals surface area contributed by atoms with Crippen LogP contribution in [-0.4, -0.2) is 50.2 Å². The zero-order chi connectivity index (χ0) is 28.9. The molecule has 6 rings (SSSR count).